The van der Waals surface area contributed by atoms with E-state index in [-0.39, 0.29) is 17.6 Å². The molecule has 0 spiro atoms. The van der Waals surface area contributed by atoms with Gasteiger partial charge in [0, 0.05) is 10.9 Å². The molecule has 3 N–H and O–H groups in total. The van der Waals surface area contributed by atoms with Gasteiger partial charge in [-0.05, 0) is 24.6 Å². The third kappa shape index (κ3) is 3.72. The summed E-state index contributed by atoms with van der Waals surface area (Å²) in [6.07, 6.45) is -1.41. The van der Waals surface area contributed by atoms with E-state index in [0.29, 0.717) is 15.6 Å². The Morgan fingerprint density at radius 2 is 2.10 bits per heavy atom. The molecule has 4 rings (SSSR count). The van der Waals surface area contributed by atoms with Gasteiger partial charge in [-0.2, -0.15) is 4.72 Å². The molecule has 0 saturated heterocycles. The Hall–Kier alpha value is -1.47. The molecule has 11 heteroatoms. The number of nitrogens with one attached hydrogen (secondary N) is 2. The van der Waals surface area contributed by atoms with Crippen LogP contribution in [-0.2, 0) is 21.2 Å². The van der Waals surface area contributed by atoms with Crippen LogP contribution in [0.2, 0.25) is 0 Å². The van der Waals surface area contributed by atoms with Gasteiger partial charge in [0.15, 0.2) is 18.1 Å². The van der Waals surface area contributed by atoms with Gasteiger partial charge in [0.25, 0.3) is 0 Å². The first kappa shape index (κ1) is 20.8. The van der Waals surface area contributed by atoms with Gasteiger partial charge in [0.2, 0.25) is 10.0 Å². The summed E-state index contributed by atoms with van der Waals surface area (Å²) in [5.41, 5.74) is 1.57. The number of ketones is 1. The number of sulfonamides is 1. The van der Waals surface area contributed by atoms with E-state index < -0.39 is 39.2 Å². The van der Waals surface area contributed by atoms with Gasteiger partial charge in [0.1, 0.15) is 6.04 Å². The fourth-order valence-electron chi connectivity index (χ4n) is 3.92. The SMILES string of the molecule is Cc1nc2c(s1)C(O)C(=O)C1=C2C(NS(C)(=O)=O)[NH+]([O-])C1Cc1cccc(Br)c1. The number of aliphatic hydroxyl groups is 1. The lowest BCUT2D eigenvalue weighted by Gasteiger charge is -2.31. The number of carbonyl (C=O) groups is 1. The van der Waals surface area contributed by atoms with Gasteiger partial charge in [-0.25, -0.2) is 13.4 Å². The molecule has 29 heavy (non-hydrogen) atoms. The maximum Gasteiger partial charge on any atom is 0.213 e. The first-order valence-electron chi connectivity index (χ1n) is 8.76. The number of benzene rings is 1. The average Bonchev–Trinajstić information content (AvgIpc) is 3.12. The molecular formula is C18H18BrN3O5S2. The van der Waals surface area contributed by atoms with Crippen molar-refractivity contribution in [1.29, 1.82) is 0 Å². The van der Waals surface area contributed by atoms with Gasteiger partial charge in [-0.1, -0.05) is 28.1 Å². The maximum absolute atomic E-state index is 13.3. The minimum atomic E-state index is -3.73. The van der Waals surface area contributed by atoms with Crippen molar-refractivity contribution in [2.24, 2.45) is 0 Å². The minimum absolute atomic E-state index is 0.154. The number of aryl methyl sites for hydroxylation is 1. The molecule has 1 aromatic heterocycles. The van der Waals surface area contributed by atoms with E-state index in [1.54, 1.807) is 6.92 Å². The summed E-state index contributed by atoms with van der Waals surface area (Å²) in [4.78, 5) is 17.8. The molecule has 2 aromatic rings. The van der Waals surface area contributed by atoms with Gasteiger partial charge in [-0.15, -0.1) is 11.3 Å². The minimum Gasteiger partial charge on any atom is -0.632 e. The third-order valence-electron chi connectivity index (χ3n) is 4.99. The molecule has 0 fully saturated rings. The summed E-state index contributed by atoms with van der Waals surface area (Å²) in [5, 5.41) is 24.0. The zero-order chi connectivity index (χ0) is 21.1. The second-order valence-corrected chi connectivity index (χ2v) is 11.1. The van der Waals surface area contributed by atoms with Crippen LogP contribution in [0.15, 0.2) is 34.3 Å². The number of rotatable bonds is 4. The van der Waals surface area contributed by atoms with Crippen molar-refractivity contribution in [3.8, 4) is 0 Å². The molecule has 2 aliphatic rings. The number of fused-ring (bicyclic) bond motifs is 2. The summed E-state index contributed by atoms with van der Waals surface area (Å²) in [6.45, 7) is 1.73. The van der Waals surface area contributed by atoms with Crippen molar-refractivity contribution in [2.75, 3.05) is 6.26 Å². The molecule has 1 aromatic carbocycles. The zero-order valence-corrected chi connectivity index (χ0v) is 18.7. The number of quaternary nitrogens is 1. The predicted molar refractivity (Wildman–Crippen MR) is 111 cm³/mol. The van der Waals surface area contributed by atoms with Crippen LogP contribution in [0, 0.1) is 12.1 Å². The molecule has 0 amide bonds. The first-order chi connectivity index (χ1) is 13.6. The number of hydrogen-bond donors (Lipinski definition) is 3. The van der Waals surface area contributed by atoms with E-state index >= 15 is 0 Å². The fraction of sp³-hybridized carbons (Fsp3) is 0.333. The van der Waals surface area contributed by atoms with Crippen molar-refractivity contribution >= 4 is 48.6 Å². The van der Waals surface area contributed by atoms with E-state index in [4.69, 9.17) is 0 Å². The Balaban J connectivity index is 1.87. The molecule has 0 radical (unpaired) electrons. The highest BCUT2D eigenvalue weighted by Crippen LogP contribution is 2.42. The van der Waals surface area contributed by atoms with Crippen molar-refractivity contribution in [2.45, 2.75) is 31.7 Å². The van der Waals surface area contributed by atoms with Crippen LogP contribution in [0.25, 0.3) is 5.57 Å². The second-order valence-electron chi connectivity index (χ2n) is 7.15. The molecule has 1 aliphatic heterocycles. The van der Waals surface area contributed by atoms with Gasteiger partial charge < -0.3 is 15.4 Å². The first-order valence-corrected chi connectivity index (χ1v) is 12.3. The van der Waals surface area contributed by atoms with Crippen LogP contribution in [0.3, 0.4) is 0 Å². The Labute approximate surface area is 180 Å². The van der Waals surface area contributed by atoms with E-state index in [1.807, 2.05) is 24.3 Å². The molecule has 0 saturated carbocycles. The van der Waals surface area contributed by atoms with E-state index in [9.17, 15) is 23.5 Å². The number of thiazole rings is 1. The van der Waals surface area contributed by atoms with Crippen LogP contribution in [0.4, 0.5) is 0 Å². The van der Waals surface area contributed by atoms with Crippen LogP contribution in [0.1, 0.15) is 27.2 Å². The number of aliphatic hydroxyl groups excluding tert-OH is 1. The highest BCUT2D eigenvalue weighted by Gasteiger charge is 2.51. The van der Waals surface area contributed by atoms with Crippen LogP contribution >= 0.6 is 27.3 Å². The van der Waals surface area contributed by atoms with Gasteiger partial charge in [0.05, 0.1) is 33.0 Å². The zero-order valence-electron chi connectivity index (χ0n) is 15.5. The van der Waals surface area contributed by atoms with E-state index in [1.165, 1.54) is 11.3 Å². The fourth-order valence-corrected chi connectivity index (χ4v) is 5.95. The summed E-state index contributed by atoms with van der Waals surface area (Å²) < 4.78 is 27.1. The average molecular weight is 500 g/mol. The second kappa shape index (κ2) is 7.34. The van der Waals surface area contributed by atoms with Gasteiger partial charge in [-0.3, -0.25) is 4.79 Å². The maximum atomic E-state index is 13.3. The Bertz CT molecular complexity index is 1140. The van der Waals surface area contributed by atoms with Crippen molar-refractivity contribution in [3.05, 3.63) is 60.7 Å². The highest BCUT2D eigenvalue weighted by atomic mass is 79.9. The Morgan fingerprint density at radius 3 is 2.76 bits per heavy atom. The number of hydrogen-bond acceptors (Lipinski definition) is 7. The molecule has 1 aliphatic carbocycles. The molecule has 4 unspecified atom stereocenters. The van der Waals surface area contributed by atoms with Crippen molar-refractivity contribution in [1.82, 2.24) is 9.71 Å². The topological polar surface area (TPSA) is 124 Å². The molecule has 0 bridgehead atoms. The van der Waals surface area contributed by atoms with Crippen LogP contribution in [0.5, 0.6) is 0 Å². The predicted octanol–water partition coefficient (Wildman–Crippen LogP) is 0.467. The third-order valence-corrected chi connectivity index (χ3v) is 7.17. The largest absolute Gasteiger partial charge is 0.632 e. The van der Waals surface area contributed by atoms with E-state index in [0.717, 1.165) is 16.3 Å². The smallest absolute Gasteiger partial charge is 0.213 e. The Kier molecular flexibility index (Phi) is 5.26. The molecular weight excluding hydrogens is 482 g/mol. The van der Waals surface area contributed by atoms with Crippen LogP contribution < -0.4 is 9.79 Å². The number of carbonyl (C=O) groups excluding carboxylic acids is 1. The Morgan fingerprint density at radius 1 is 1.38 bits per heavy atom. The summed E-state index contributed by atoms with van der Waals surface area (Å²) in [6, 6.07) is 6.47. The van der Waals surface area contributed by atoms with Crippen molar-refractivity contribution < 1.29 is 23.4 Å². The number of Topliss-reactive ketones (excluding diaryl/α,β-unsaturated/α-hetero) is 1. The highest BCUT2D eigenvalue weighted by molar-refractivity contribution is 9.10. The summed E-state index contributed by atoms with van der Waals surface area (Å²) >= 11 is 4.56. The van der Waals surface area contributed by atoms with Crippen molar-refractivity contribution in [3.63, 3.8) is 0 Å². The van der Waals surface area contributed by atoms with Gasteiger partial charge >= 0.3 is 0 Å². The van der Waals surface area contributed by atoms with E-state index in [2.05, 4.69) is 25.6 Å². The number of hydroxylamine groups is 2. The lowest BCUT2D eigenvalue weighted by molar-refractivity contribution is -0.882. The summed E-state index contributed by atoms with van der Waals surface area (Å²) in [7, 11) is -3.73. The molecule has 4 atom stereocenters. The standard InChI is InChI=1S/C18H18BrN3O5S2/c1-8-20-14-13-12(15(23)16(24)17(14)28-8)11(7-9-4-3-5-10(19)6-9)22(25)18(13)21-29(2,26)27/h3-6,11,16,18,21-22,24H,7H2,1-2H3. The molecule has 8 nitrogen and oxygen atoms in total. The number of halogens is 1. The molecule has 2 heterocycles. The lowest BCUT2D eigenvalue weighted by atomic mass is 9.86. The molecule has 154 valence electrons. The normalized spacial score (nSPS) is 26.6. The van der Waals surface area contributed by atoms with Crippen LogP contribution in [-0.4, -0.2) is 42.8 Å². The number of aromatic nitrogens is 1. The lowest BCUT2D eigenvalue weighted by Crippen LogP contribution is -3.15. The monoisotopic (exact) mass is 499 g/mol. The number of nitrogens with zero attached hydrogens (tertiary/aromatic N) is 1. The quantitative estimate of drug-likeness (QED) is 0.525. The summed E-state index contributed by atoms with van der Waals surface area (Å²) in [5.74, 6) is -0.567.